The van der Waals surface area contributed by atoms with Crippen LogP contribution in [0.3, 0.4) is 0 Å². The highest BCUT2D eigenvalue weighted by atomic mass is 16.3. The Morgan fingerprint density at radius 1 is 0.913 bits per heavy atom. The zero-order valence-electron chi connectivity index (χ0n) is 13.2. The van der Waals surface area contributed by atoms with Crippen molar-refractivity contribution in [3.05, 3.63) is 60.2 Å². The lowest BCUT2D eigenvalue weighted by Crippen LogP contribution is -2.39. The molecule has 1 aliphatic carbocycles. The summed E-state index contributed by atoms with van der Waals surface area (Å²) in [6.45, 7) is 0. The van der Waals surface area contributed by atoms with E-state index in [0.717, 1.165) is 36.8 Å². The lowest BCUT2D eigenvalue weighted by molar-refractivity contribution is -0.121. The van der Waals surface area contributed by atoms with Crippen molar-refractivity contribution in [2.24, 2.45) is 0 Å². The molecule has 1 fully saturated rings. The van der Waals surface area contributed by atoms with Crippen LogP contribution in [0.5, 0.6) is 0 Å². The third kappa shape index (κ3) is 4.42. The number of aliphatic hydroxyl groups excluding tert-OH is 1. The molecule has 0 radical (unpaired) electrons. The highest BCUT2D eigenvalue weighted by Gasteiger charge is 2.20. The predicted octanol–water partition coefficient (Wildman–Crippen LogP) is 3.32. The fourth-order valence-corrected chi connectivity index (χ4v) is 3.13. The number of carbonyl (C=O) groups excluding carboxylic acids is 1. The van der Waals surface area contributed by atoms with Gasteiger partial charge in [0.15, 0.2) is 0 Å². The number of benzene rings is 2. The molecule has 1 saturated carbocycles. The summed E-state index contributed by atoms with van der Waals surface area (Å²) < 4.78 is 0. The standard InChI is InChI=1S/C20H23NO2/c22-19-12-10-18(11-13-19)21-20(23)14-15-6-8-17(9-7-15)16-4-2-1-3-5-16/h1-9,18-19,22H,10-14H2,(H,21,23). The monoisotopic (exact) mass is 309 g/mol. The molecule has 2 aromatic rings. The van der Waals surface area contributed by atoms with Crippen molar-refractivity contribution in [1.29, 1.82) is 0 Å². The average molecular weight is 309 g/mol. The Labute approximate surface area is 137 Å². The summed E-state index contributed by atoms with van der Waals surface area (Å²) in [7, 11) is 0. The zero-order valence-corrected chi connectivity index (χ0v) is 13.2. The SMILES string of the molecule is O=C(Cc1ccc(-c2ccccc2)cc1)NC1CCC(O)CC1. The highest BCUT2D eigenvalue weighted by molar-refractivity contribution is 5.79. The van der Waals surface area contributed by atoms with Crippen molar-refractivity contribution in [3.63, 3.8) is 0 Å². The first-order valence-electron chi connectivity index (χ1n) is 8.32. The normalized spacial score (nSPS) is 20.9. The van der Waals surface area contributed by atoms with E-state index in [0.29, 0.717) is 6.42 Å². The lowest BCUT2D eigenvalue weighted by atomic mass is 9.93. The van der Waals surface area contributed by atoms with E-state index < -0.39 is 0 Å². The van der Waals surface area contributed by atoms with Gasteiger partial charge in [-0.05, 0) is 42.4 Å². The zero-order chi connectivity index (χ0) is 16.1. The fraction of sp³-hybridized carbons (Fsp3) is 0.350. The van der Waals surface area contributed by atoms with Gasteiger partial charge < -0.3 is 10.4 Å². The van der Waals surface area contributed by atoms with Crippen LogP contribution in [-0.2, 0) is 11.2 Å². The number of rotatable bonds is 4. The van der Waals surface area contributed by atoms with Crippen LogP contribution in [0, 0.1) is 0 Å². The van der Waals surface area contributed by atoms with E-state index in [2.05, 4.69) is 29.6 Å². The number of hydrogen-bond donors (Lipinski definition) is 2. The van der Waals surface area contributed by atoms with Gasteiger partial charge in [-0.15, -0.1) is 0 Å². The molecular weight excluding hydrogens is 286 g/mol. The van der Waals surface area contributed by atoms with Crippen LogP contribution in [0.2, 0.25) is 0 Å². The Bertz CT molecular complexity index is 628. The van der Waals surface area contributed by atoms with Gasteiger partial charge in [0.2, 0.25) is 5.91 Å². The fourth-order valence-electron chi connectivity index (χ4n) is 3.13. The topological polar surface area (TPSA) is 49.3 Å². The highest BCUT2D eigenvalue weighted by Crippen LogP contribution is 2.20. The van der Waals surface area contributed by atoms with Crippen LogP contribution in [0.1, 0.15) is 31.2 Å². The molecule has 0 saturated heterocycles. The molecule has 0 atom stereocenters. The minimum atomic E-state index is -0.186. The summed E-state index contributed by atoms with van der Waals surface area (Å²) in [4.78, 5) is 12.1. The summed E-state index contributed by atoms with van der Waals surface area (Å²) in [5.74, 6) is 0.0684. The van der Waals surface area contributed by atoms with Crippen molar-refractivity contribution < 1.29 is 9.90 Å². The van der Waals surface area contributed by atoms with Gasteiger partial charge in [0, 0.05) is 6.04 Å². The molecular formula is C20H23NO2. The van der Waals surface area contributed by atoms with E-state index in [1.807, 2.05) is 30.3 Å². The van der Waals surface area contributed by atoms with Crippen molar-refractivity contribution >= 4 is 5.91 Å². The van der Waals surface area contributed by atoms with E-state index in [1.165, 1.54) is 5.56 Å². The third-order valence-corrected chi connectivity index (χ3v) is 4.49. The van der Waals surface area contributed by atoms with Gasteiger partial charge in [0.25, 0.3) is 0 Å². The Kier molecular flexibility index (Phi) is 5.09. The maximum absolute atomic E-state index is 12.1. The summed E-state index contributed by atoms with van der Waals surface area (Å²) >= 11 is 0. The summed E-state index contributed by atoms with van der Waals surface area (Å²) in [6, 6.07) is 18.6. The van der Waals surface area contributed by atoms with Crippen molar-refractivity contribution in [2.75, 3.05) is 0 Å². The van der Waals surface area contributed by atoms with Gasteiger partial charge >= 0.3 is 0 Å². The van der Waals surface area contributed by atoms with E-state index >= 15 is 0 Å². The molecule has 1 amide bonds. The number of amides is 1. The second-order valence-corrected chi connectivity index (χ2v) is 6.31. The average Bonchev–Trinajstić information content (AvgIpc) is 2.58. The van der Waals surface area contributed by atoms with Gasteiger partial charge in [-0.25, -0.2) is 0 Å². The van der Waals surface area contributed by atoms with Crippen molar-refractivity contribution in [2.45, 2.75) is 44.2 Å². The van der Waals surface area contributed by atoms with Gasteiger partial charge in [-0.2, -0.15) is 0 Å². The van der Waals surface area contributed by atoms with Gasteiger partial charge in [0.1, 0.15) is 0 Å². The Morgan fingerprint density at radius 2 is 1.52 bits per heavy atom. The molecule has 0 aliphatic heterocycles. The molecule has 1 aliphatic rings. The molecule has 0 heterocycles. The number of hydrogen-bond acceptors (Lipinski definition) is 2. The van der Waals surface area contributed by atoms with Gasteiger partial charge in [-0.3, -0.25) is 4.79 Å². The minimum Gasteiger partial charge on any atom is -0.393 e. The third-order valence-electron chi connectivity index (χ3n) is 4.49. The quantitative estimate of drug-likeness (QED) is 0.910. The van der Waals surface area contributed by atoms with Crippen LogP contribution in [-0.4, -0.2) is 23.2 Å². The molecule has 0 aromatic heterocycles. The largest absolute Gasteiger partial charge is 0.393 e. The second-order valence-electron chi connectivity index (χ2n) is 6.31. The van der Waals surface area contributed by atoms with Crippen molar-refractivity contribution in [3.8, 4) is 11.1 Å². The molecule has 3 rings (SSSR count). The second kappa shape index (κ2) is 7.42. The van der Waals surface area contributed by atoms with Crippen LogP contribution in [0.4, 0.5) is 0 Å². The van der Waals surface area contributed by atoms with Gasteiger partial charge in [-0.1, -0.05) is 54.6 Å². The molecule has 2 aromatic carbocycles. The first-order valence-corrected chi connectivity index (χ1v) is 8.32. The summed E-state index contributed by atoms with van der Waals surface area (Å²) in [6.07, 6.45) is 3.55. The van der Waals surface area contributed by atoms with E-state index in [1.54, 1.807) is 0 Å². The predicted molar refractivity (Wildman–Crippen MR) is 92.0 cm³/mol. The Balaban J connectivity index is 1.55. The molecule has 2 N–H and O–H groups in total. The van der Waals surface area contributed by atoms with Crippen LogP contribution in [0.15, 0.2) is 54.6 Å². The number of carbonyl (C=O) groups is 1. The van der Waals surface area contributed by atoms with Crippen molar-refractivity contribution in [1.82, 2.24) is 5.32 Å². The summed E-state index contributed by atoms with van der Waals surface area (Å²) in [5, 5.41) is 12.6. The maximum atomic E-state index is 12.1. The van der Waals surface area contributed by atoms with Gasteiger partial charge in [0.05, 0.1) is 12.5 Å². The van der Waals surface area contributed by atoms with E-state index in [9.17, 15) is 9.90 Å². The summed E-state index contributed by atoms with van der Waals surface area (Å²) in [5.41, 5.74) is 3.37. The molecule has 120 valence electrons. The first kappa shape index (κ1) is 15.8. The number of nitrogens with one attached hydrogen (secondary N) is 1. The molecule has 0 unspecified atom stereocenters. The maximum Gasteiger partial charge on any atom is 0.224 e. The smallest absolute Gasteiger partial charge is 0.224 e. The number of aliphatic hydroxyl groups is 1. The lowest BCUT2D eigenvalue weighted by Gasteiger charge is -2.26. The Morgan fingerprint density at radius 3 is 2.17 bits per heavy atom. The molecule has 3 heteroatoms. The molecule has 0 bridgehead atoms. The first-order chi connectivity index (χ1) is 11.2. The molecule has 0 spiro atoms. The molecule has 3 nitrogen and oxygen atoms in total. The van der Waals surface area contributed by atoms with E-state index in [-0.39, 0.29) is 18.1 Å². The Hall–Kier alpha value is -2.13. The van der Waals surface area contributed by atoms with E-state index in [4.69, 9.17) is 0 Å². The minimum absolute atomic E-state index is 0.0684. The van der Waals surface area contributed by atoms with Crippen LogP contribution >= 0.6 is 0 Å². The van der Waals surface area contributed by atoms with Crippen LogP contribution < -0.4 is 5.32 Å². The molecule has 23 heavy (non-hydrogen) atoms. The van der Waals surface area contributed by atoms with Crippen LogP contribution in [0.25, 0.3) is 11.1 Å².